The Morgan fingerprint density at radius 1 is 1.60 bits per heavy atom. The fourth-order valence-corrected chi connectivity index (χ4v) is 1.95. The van der Waals surface area contributed by atoms with E-state index < -0.39 is 0 Å². The van der Waals surface area contributed by atoms with Crippen LogP contribution in [0.25, 0.3) is 0 Å². The van der Waals surface area contributed by atoms with Crippen molar-refractivity contribution in [2.24, 2.45) is 0 Å². The largest absolute Gasteiger partial charge is 0.363 e. The number of halogens is 2. The molecular formula is C11H16BrClN2. The summed E-state index contributed by atoms with van der Waals surface area (Å²) < 4.78 is 0.979. The Balaban J connectivity index is 2.89. The van der Waals surface area contributed by atoms with E-state index in [0.29, 0.717) is 5.88 Å². The average Bonchev–Trinajstić information content (AvgIpc) is 2.22. The number of aromatic nitrogens is 1. The summed E-state index contributed by atoms with van der Waals surface area (Å²) in [6.07, 6.45) is 2.80. The van der Waals surface area contributed by atoms with Crippen LogP contribution in [-0.2, 0) is 0 Å². The summed E-state index contributed by atoms with van der Waals surface area (Å²) in [5, 5.41) is 3.36. The molecule has 0 aliphatic carbocycles. The number of nitrogens with zero attached hydrogens (tertiary/aromatic N) is 1. The van der Waals surface area contributed by atoms with Crippen LogP contribution in [0.1, 0.15) is 25.8 Å². The van der Waals surface area contributed by atoms with Gasteiger partial charge in [0.05, 0.1) is 4.47 Å². The molecule has 0 saturated heterocycles. The summed E-state index contributed by atoms with van der Waals surface area (Å²) in [5.74, 6) is 1.41. The lowest BCUT2D eigenvalue weighted by Crippen LogP contribution is -2.36. The smallest absolute Gasteiger partial charge is 0.140 e. The van der Waals surface area contributed by atoms with E-state index in [0.717, 1.165) is 22.3 Å². The Morgan fingerprint density at radius 2 is 2.27 bits per heavy atom. The van der Waals surface area contributed by atoms with Gasteiger partial charge in [-0.2, -0.15) is 0 Å². The van der Waals surface area contributed by atoms with Crippen molar-refractivity contribution < 1.29 is 0 Å². The number of alkyl halides is 1. The number of hydrogen-bond donors (Lipinski definition) is 1. The van der Waals surface area contributed by atoms with Crippen molar-refractivity contribution in [3.63, 3.8) is 0 Å². The number of hydrogen-bond acceptors (Lipinski definition) is 2. The highest BCUT2D eigenvalue weighted by Gasteiger charge is 2.21. The Hall–Kier alpha value is -0.280. The third-order valence-corrected chi connectivity index (χ3v) is 3.67. The second-order valence-corrected chi connectivity index (χ2v) is 5.14. The maximum atomic E-state index is 5.94. The molecule has 0 aliphatic heterocycles. The minimum Gasteiger partial charge on any atom is -0.363 e. The van der Waals surface area contributed by atoms with Crippen LogP contribution in [0.3, 0.4) is 0 Å². The van der Waals surface area contributed by atoms with Gasteiger partial charge in [-0.1, -0.05) is 6.92 Å². The molecule has 1 heterocycles. The minimum absolute atomic E-state index is 0.105. The lowest BCUT2D eigenvalue weighted by Gasteiger charge is -2.28. The summed E-state index contributed by atoms with van der Waals surface area (Å²) in [5.41, 5.74) is 1.03. The topological polar surface area (TPSA) is 24.9 Å². The fourth-order valence-electron chi connectivity index (χ4n) is 1.13. The van der Waals surface area contributed by atoms with Crippen molar-refractivity contribution in [1.29, 1.82) is 0 Å². The Morgan fingerprint density at radius 3 is 2.73 bits per heavy atom. The van der Waals surface area contributed by atoms with Crippen molar-refractivity contribution in [2.45, 2.75) is 32.7 Å². The molecule has 0 amide bonds. The summed E-state index contributed by atoms with van der Waals surface area (Å²) in [6.45, 7) is 6.22. The third kappa shape index (κ3) is 3.35. The zero-order chi connectivity index (χ0) is 11.5. The molecule has 0 aromatic carbocycles. The summed E-state index contributed by atoms with van der Waals surface area (Å²) in [7, 11) is 0. The van der Waals surface area contributed by atoms with Crippen molar-refractivity contribution in [2.75, 3.05) is 11.2 Å². The SMILES string of the molecule is CCC(C)(CCl)Nc1ncc(C)cc1Br. The van der Waals surface area contributed by atoms with Gasteiger partial charge in [-0.05, 0) is 47.8 Å². The van der Waals surface area contributed by atoms with E-state index in [9.17, 15) is 0 Å². The zero-order valence-corrected chi connectivity index (χ0v) is 11.6. The number of pyridine rings is 1. The van der Waals surface area contributed by atoms with Crippen LogP contribution in [0.15, 0.2) is 16.7 Å². The summed E-state index contributed by atoms with van der Waals surface area (Å²) >= 11 is 9.43. The third-order valence-electron chi connectivity index (χ3n) is 2.47. The standard InChI is InChI=1S/C11H16BrClN2/c1-4-11(3,7-13)15-10-9(12)5-8(2)6-14-10/h5-6H,4,7H2,1-3H3,(H,14,15). The molecule has 1 rings (SSSR count). The van der Waals surface area contributed by atoms with Crippen molar-refractivity contribution in [3.05, 3.63) is 22.3 Å². The van der Waals surface area contributed by atoms with Crippen LogP contribution in [0.5, 0.6) is 0 Å². The van der Waals surface area contributed by atoms with E-state index in [-0.39, 0.29) is 5.54 Å². The van der Waals surface area contributed by atoms with Crippen LogP contribution in [0.4, 0.5) is 5.82 Å². The number of rotatable bonds is 4. The molecule has 1 N–H and O–H groups in total. The van der Waals surface area contributed by atoms with Gasteiger partial charge in [-0.25, -0.2) is 4.98 Å². The van der Waals surface area contributed by atoms with Crippen molar-refractivity contribution >= 4 is 33.3 Å². The molecule has 4 heteroatoms. The van der Waals surface area contributed by atoms with E-state index >= 15 is 0 Å². The fraction of sp³-hybridized carbons (Fsp3) is 0.545. The highest BCUT2D eigenvalue weighted by atomic mass is 79.9. The van der Waals surface area contributed by atoms with Crippen molar-refractivity contribution in [1.82, 2.24) is 4.98 Å². The highest BCUT2D eigenvalue weighted by molar-refractivity contribution is 9.10. The number of aryl methyl sites for hydroxylation is 1. The minimum atomic E-state index is -0.105. The first-order chi connectivity index (χ1) is 7.00. The first-order valence-electron chi connectivity index (χ1n) is 4.97. The molecule has 15 heavy (non-hydrogen) atoms. The van der Waals surface area contributed by atoms with E-state index in [2.05, 4.69) is 40.1 Å². The van der Waals surface area contributed by atoms with E-state index in [1.165, 1.54) is 0 Å². The lowest BCUT2D eigenvalue weighted by atomic mass is 10.0. The molecule has 84 valence electrons. The molecule has 0 spiro atoms. The molecule has 0 fully saturated rings. The second-order valence-electron chi connectivity index (χ2n) is 4.02. The van der Waals surface area contributed by atoms with Gasteiger partial charge in [0.15, 0.2) is 0 Å². The molecule has 0 radical (unpaired) electrons. The van der Waals surface area contributed by atoms with Crippen LogP contribution in [-0.4, -0.2) is 16.4 Å². The summed E-state index contributed by atoms with van der Waals surface area (Å²) in [6, 6.07) is 2.04. The van der Waals surface area contributed by atoms with Gasteiger partial charge in [0, 0.05) is 17.6 Å². The van der Waals surface area contributed by atoms with Gasteiger partial charge in [0.1, 0.15) is 5.82 Å². The predicted octanol–water partition coefficient (Wildman–Crippen LogP) is 3.97. The second kappa shape index (κ2) is 5.17. The maximum Gasteiger partial charge on any atom is 0.140 e. The normalized spacial score (nSPS) is 14.7. The maximum absolute atomic E-state index is 5.94. The van der Waals surface area contributed by atoms with E-state index in [1.807, 2.05) is 19.2 Å². The molecule has 0 aliphatic rings. The molecule has 2 nitrogen and oxygen atoms in total. The molecule has 0 bridgehead atoms. The Kier molecular flexibility index (Phi) is 4.41. The first-order valence-corrected chi connectivity index (χ1v) is 6.30. The van der Waals surface area contributed by atoms with Crippen LogP contribution in [0.2, 0.25) is 0 Å². The zero-order valence-electron chi connectivity index (χ0n) is 9.27. The number of nitrogens with one attached hydrogen (secondary N) is 1. The summed E-state index contributed by atoms with van der Waals surface area (Å²) in [4.78, 5) is 4.34. The van der Waals surface area contributed by atoms with Gasteiger partial charge in [0.2, 0.25) is 0 Å². The Labute approximate surface area is 105 Å². The van der Waals surface area contributed by atoms with Crippen LogP contribution < -0.4 is 5.32 Å². The van der Waals surface area contributed by atoms with Crippen LogP contribution in [0, 0.1) is 6.92 Å². The van der Waals surface area contributed by atoms with E-state index in [4.69, 9.17) is 11.6 Å². The molecule has 1 aromatic rings. The van der Waals surface area contributed by atoms with Gasteiger partial charge in [-0.15, -0.1) is 11.6 Å². The first kappa shape index (κ1) is 12.8. The van der Waals surface area contributed by atoms with Gasteiger partial charge >= 0.3 is 0 Å². The van der Waals surface area contributed by atoms with Gasteiger partial charge in [0.25, 0.3) is 0 Å². The molecule has 0 saturated carbocycles. The average molecular weight is 292 g/mol. The van der Waals surface area contributed by atoms with Gasteiger partial charge < -0.3 is 5.32 Å². The number of anilines is 1. The van der Waals surface area contributed by atoms with Gasteiger partial charge in [-0.3, -0.25) is 0 Å². The molecule has 1 unspecified atom stereocenters. The predicted molar refractivity (Wildman–Crippen MR) is 69.7 cm³/mol. The molecule has 1 atom stereocenters. The molecule has 1 aromatic heterocycles. The monoisotopic (exact) mass is 290 g/mol. The Bertz CT molecular complexity index is 337. The quantitative estimate of drug-likeness (QED) is 0.849. The van der Waals surface area contributed by atoms with Crippen LogP contribution >= 0.6 is 27.5 Å². The highest BCUT2D eigenvalue weighted by Crippen LogP contribution is 2.25. The lowest BCUT2D eigenvalue weighted by molar-refractivity contribution is 0.551. The molecular weight excluding hydrogens is 275 g/mol. The van der Waals surface area contributed by atoms with E-state index in [1.54, 1.807) is 0 Å². The van der Waals surface area contributed by atoms with Crippen molar-refractivity contribution in [3.8, 4) is 0 Å².